The fourth-order valence-electron chi connectivity index (χ4n) is 1.39. The summed E-state index contributed by atoms with van der Waals surface area (Å²) in [4.78, 5) is 0. The standard InChI is InChI=1S/C11H13F3O2/c1-3-9(15)7-4-5-10(16-2)8(6-7)11(12,13)14/h4-6,9,15H,3H2,1-2H3. The molecule has 0 amide bonds. The fraction of sp³-hybridized carbons (Fsp3) is 0.455. The zero-order valence-electron chi connectivity index (χ0n) is 9.01. The van der Waals surface area contributed by atoms with Gasteiger partial charge in [0.2, 0.25) is 0 Å². The summed E-state index contributed by atoms with van der Waals surface area (Å²) < 4.78 is 42.5. The van der Waals surface area contributed by atoms with Crippen LogP contribution in [0.2, 0.25) is 0 Å². The van der Waals surface area contributed by atoms with Crippen molar-refractivity contribution < 1.29 is 23.0 Å². The van der Waals surface area contributed by atoms with E-state index < -0.39 is 17.8 Å². The van der Waals surface area contributed by atoms with Crippen LogP contribution in [0.5, 0.6) is 5.75 Å². The van der Waals surface area contributed by atoms with E-state index >= 15 is 0 Å². The highest BCUT2D eigenvalue weighted by Gasteiger charge is 2.34. The minimum Gasteiger partial charge on any atom is -0.496 e. The number of aliphatic hydroxyl groups is 1. The molecule has 0 fully saturated rings. The molecule has 1 rings (SSSR count). The van der Waals surface area contributed by atoms with Crippen LogP contribution >= 0.6 is 0 Å². The van der Waals surface area contributed by atoms with Gasteiger partial charge in [-0.1, -0.05) is 13.0 Å². The Morgan fingerprint density at radius 3 is 2.44 bits per heavy atom. The van der Waals surface area contributed by atoms with Crippen LogP contribution in [-0.4, -0.2) is 12.2 Å². The lowest BCUT2D eigenvalue weighted by molar-refractivity contribution is -0.138. The molecule has 0 aliphatic heterocycles. The van der Waals surface area contributed by atoms with Gasteiger partial charge in [0.1, 0.15) is 5.75 Å². The molecule has 0 saturated heterocycles. The number of hydrogen-bond donors (Lipinski definition) is 1. The topological polar surface area (TPSA) is 29.5 Å². The highest BCUT2D eigenvalue weighted by atomic mass is 19.4. The first-order chi connectivity index (χ1) is 7.40. The largest absolute Gasteiger partial charge is 0.496 e. The number of hydrogen-bond acceptors (Lipinski definition) is 2. The van der Waals surface area contributed by atoms with Crippen LogP contribution in [0.15, 0.2) is 18.2 Å². The van der Waals surface area contributed by atoms with E-state index in [1.807, 2.05) is 0 Å². The van der Waals surface area contributed by atoms with Gasteiger partial charge < -0.3 is 9.84 Å². The molecule has 16 heavy (non-hydrogen) atoms. The Balaban J connectivity index is 3.22. The summed E-state index contributed by atoms with van der Waals surface area (Å²) >= 11 is 0. The van der Waals surface area contributed by atoms with Crippen molar-refractivity contribution in [3.05, 3.63) is 29.3 Å². The Morgan fingerprint density at radius 2 is 2.00 bits per heavy atom. The summed E-state index contributed by atoms with van der Waals surface area (Å²) in [6.07, 6.45) is -5.00. The highest BCUT2D eigenvalue weighted by Crippen LogP contribution is 2.37. The second kappa shape index (κ2) is 4.74. The van der Waals surface area contributed by atoms with Gasteiger partial charge in [-0.15, -0.1) is 0 Å². The third-order valence-electron chi connectivity index (χ3n) is 2.30. The molecule has 1 aromatic rings. The van der Waals surface area contributed by atoms with Gasteiger partial charge in [0.05, 0.1) is 18.8 Å². The first-order valence-electron chi connectivity index (χ1n) is 4.83. The second-order valence-corrected chi connectivity index (χ2v) is 3.38. The molecule has 1 N–H and O–H groups in total. The Kier molecular flexibility index (Phi) is 3.80. The predicted molar refractivity (Wildman–Crippen MR) is 53.2 cm³/mol. The summed E-state index contributed by atoms with van der Waals surface area (Å²) in [5.41, 5.74) is -0.615. The van der Waals surface area contributed by atoms with E-state index in [1.165, 1.54) is 19.2 Å². The zero-order valence-corrected chi connectivity index (χ0v) is 9.01. The first-order valence-corrected chi connectivity index (χ1v) is 4.83. The van der Waals surface area contributed by atoms with Gasteiger partial charge in [-0.2, -0.15) is 13.2 Å². The van der Waals surface area contributed by atoms with E-state index in [4.69, 9.17) is 0 Å². The molecule has 0 aliphatic carbocycles. The maximum atomic E-state index is 12.6. The summed E-state index contributed by atoms with van der Waals surface area (Å²) in [6.45, 7) is 1.70. The van der Waals surface area contributed by atoms with Crippen molar-refractivity contribution in [2.45, 2.75) is 25.6 Å². The van der Waals surface area contributed by atoms with E-state index in [9.17, 15) is 18.3 Å². The van der Waals surface area contributed by atoms with Crippen molar-refractivity contribution in [2.24, 2.45) is 0 Å². The molecule has 1 unspecified atom stereocenters. The molecule has 5 heteroatoms. The minimum atomic E-state index is -4.48. The van der Waals surface area contributed by atoms with Gasteiger partial charge in [-0.05, 0) is 24.1 Å². The molecular weight excluding hydrogens is 221 g/mol. The van der Waals surface area contributed by atoms with Gasteiger partial charge in [0.25, 0.3) is 0 Å². The number of alkyl halides is 3. The number of methoxy groups -OCH3 is 1. The smallest absolute Gasteiger partial charge is 0.419 e. The number of aliphatic hydroxyl groups excluding tert-OH is 1. The maximum absolute atomic E-state index is 12.6. The number of benzene rings is 1. The Hall–Kier alpha value is -1.23. The Bertz CT molecular complexity index is 361. The highest BCUT2D eigenvalue weighted by molar-refractivity contribution is 5.40. The normalized spacial score (nSPS) is 13.6. The average Bonchev–Trinajstić information content (AvgIpc) is 2.26. The van der Waals surface area contributed by atoms with E-state index in [0.29, 0.717) is 6.42 Å². The van der Waals surface area contributed by atoms with Crippen LogP contribution in [-0.2, 0) is 6.18 Å². The lowest BCUT2D eigenvalue weighted by Crippen LogP contribution is -2.09. The molecule has 0 heterocycles. The SMILES string of the molecule is CCC(O)c1ccc(OC)c(C(F)(F)F)c1. The fourth-order valence-corrected chi connectivity index (χ4v) is 1.39. The lowest BCUT2D eigenvalue weighted by atomic mass is 10.0. The average molecular weight is 234 g/mol. The van der Waals surface area contributed by atoms with E-state index in [2.05, 4.69) is 4.74 Å². The molecule has 0 aliphatic rings. The predicted octanol–water partition coefficient (Wildman–Crippen LogP) is 3.16. The van der Waals surface area contributed by atoms with Crippen molar-refractivity contribution in [3.63, 3.8) is 0 Å². The van der Waals surface area contributed by atoms with E-state index in [0.717, 1.165) is 6.07 Å². The van der Waals surface area contributed by atoms with Crippen LogP contribution in [0, 0.1) is 0 Å². The van der Waals surface area contributed by atoms with Crippen molar-refractivity contribution in [1.29, 1.82) is 0 Å². The second-order valence-electron chi connectivity index (χ2n) is 3.38. The van der Waals surface area contributed by atoms with Crippen molar-refractivity contribution >= 4 is 0 Å². The monoisotopic (exact) mass is 234 g/mol. The molecular formula is C11H13F3O2. The molecule has 0 radical (unpaired) electrons. The summed E-state index contributed by atoms with van der Waals surface area (Å²) in [5, 5.41) is 9.47. The number of halogens is 3. The first kappa shape index (κ1) is 12.8. The van der Waals surface area contributed by atoms with Crippen molar-refractivity contribution in [1.82, 2.24) is 0 Å². The van der Waals surface area contributed by atoms with E-state index in [-0.39, 0.29) is 11.3 Å². The van der Waals surface area contributed by atoms with Crippen LogP contribution in [0.1, 0.15) is 30.6 Å². The van der Waals surface area contributed by atoms with Crippen molar-refractivity contribution in [3.8, 4) is 5.75 Å². The summed E-state index contributed by atoms with van der Waals surface area (Å²) in [6, 6.07) is 3.58. The molecule has 0 bridgehead atoms. The van der Waals surface area contributed by atoms with Gasteiger partial charge in [-0.25, -0.2) is 0 Å². The minimum absolute atomic E-state index is 0.237. The van der Waals surface area contributed by atoms with Gasteiger partial charge in [-0.3, -0.25) is 0 Å². The molecule has 90 valence electrons. The molecule has 1 aromatic carbocycles. The van der Waals surface area contributed by atoms with Gasteiger partial charge in [0, 0.05) is 0 Å². The Labute approximate surface area is 91.7 Å². The number of rotatable bonds is 3. The molecule has 1 atom stereocenters. The van der Waals surface area contributed by atoms with Crippen LogP contribution < -0.4 is 4.74 Å². The van der Waals surface area contributed by atoms with Crippen molar-refractivity contribution in [2.75, 3.05) is 7.11 Å². The van der Waals surface area contributed by atoms with Crippen LogP contribution in [0.4, 0.5) is 13.2 Å². The molecule has 0 aromatic heterocycles. The summed E-state index contributed by atoms with van der Waals surface area (Å²) in [7, 11) is 1.18. The van der Waals surface area contributed by atoms with Crippen LogP contribution in [0.25, 0.3) is 0 Å². The lowest BCUT2D eigenvalue weighted by Gasteiger charge is -2.15. The van der Waals surface area contributed by atoms with Gasteiger partial charge >= 0.3 is 6.18 Å². The molecule has 0 spiro atoms. The zero-order chi connectivity index (χ0) is 12.3. The third kappa shape index (κ3) is 2.66. The Morgan fingerprint density at radius 1 is 1.38 bits per heavy atom. The quantitative estimate of drug-likeness (QED) is 0.870. The third-order valence-corrected chi connectivity index (χ3v) is 2.30. The molecule has 2 nitrogen and oxygen atoms in total. The summed E-state index contributed by atoms with van der Waals surface area (Å²) in [5.74, 6) is -0.237. The van der Waals surface area contributed by atoms with Gasteiger partial charge in [0.15, 0.2) is 0 Å². The van der Waals surface area contributed by atoms with Crippen LogP contribution in [0.3, 0.4) is 0 Å². The van der Waals surface area contributed by atoms with E-state index in [1.54, 1.807) is 6.92 Å². The maximum Gasteiger partial charge on any atom is 0.419 e. The number of ether oxygens (including phenoxy) is 1. The molecule has 0 saturated carbocycles.